The van der Waals surface area contributed by atoms with Crippen LogP contribution in [-0.4, -0.2) is 17.9 Å². The van der Waals surface area contributed by atoms with Gasteiger partial charge in [0.2, 0.25) is 0 Å². The summed E-state index contributed by atoms with van der Waals surface area (Å²) >= 11 is 0. The van der Waals surface area contributed by atoms with Crippen LogP contribution in [0.2, 0.25) is 0 Å². The molecule has 1 unspecified atom stereocenters. The molecule has 0 aromatic carbocycles. The summed E-state index contributed by atoms with van der Waals surface area (Å²) in [6.07, 6.45) is 1.02. The smallest absolute Gasteiger partial charge is 0.115 e. The number of hydrogen-bond acceptors (Lipinski definition) is 2. The minimum atomic E-state index is -0.929. The lowest BCUT2D eigenvalue weighted by molar-refractivity contribution is 0.116. The number of aliphatic hydroxyl groups is 1. The molecule has 0 saturated heterocycles. The fourth-order valence-electron chi connectivity index (χ4n) is 1.02. The van der Waals surface area contributed by atoms with Gasteiger partial charge in [-0.3, -0.25) is 0 Å². The van der Waals surface area contributed by atoms with Gasteiger partial charge >= 0.3 is 0 Å². The monoisotopic (exact) mass is 143 g/mol. The van der Waals surface area contributed by atoms with Crippen molar-refractivity contribution in [1.82, 2.24) is 0 Å². The molecular formula is C7H10FNO. The molecule has 0 radical (unpaired) electrons. The highest BCUT2D eigenvalue weighted by Crippen LogP contribution is 2.48. The molecule has 0 heterocycles. The summed E-state index contributed by atoms with van der Waals surface area (Å²) in [7, 11) is 0. The van der Waals surface area contributed by atoms with E-state index in [4.69, 9.17) is 10.4 Å². The molecule has 1 aliphatic carbocycles. The summed E-state index contributed by atoms with van der Waals surface area (Å²) in [5.74, 6) is 0. The highest BCUT2D eigenvalue weighted by molar-refractivity contribution is 5.10. The van der Waals surface area contributed by atoms with E-state index in [9.17, 15) is 4.39 Å². The van der Waals surface area contributed by atoms with Crippen LogP contribution < -0.4 is 0 Å². The largest absolute Gasteiger partial charge is 0.390 e. The van der Waals surface area contributed by atoms with E-state index < -0.39 is 12.8 Å². The molecule has 2 nitrogen and oxygen atoms in total. The van der Waals surface area contributed by atoms with Crippen molar-refractivity contribution in [2.24, 2.45) is 5.41 Å². The Morgan fingerprint density at radius 2 is 2.30 bits per heavy atom. The Bertz CT molecular complexity index is 159. The van der Waals surface area contributed by atoms with E-state index in [2.05, 4.69) is 6.07 Å². The Balaban J connectivity index is 2.32. The lowest BCUT2D eigenvalue weighted by Gasteiger charge is -2.08. The second kappa shape index (κ2) is 2.55. The van der Waals surface area contributed by atoms with Gasteiger partial charge in [0, 0.05) is 0 Å². The molecule has 0 spiro atoms. The fourth-order valence-corrected chi connectivity index (χ4v) is 1.02. The SMILES string of the molecule is N#CC1(CC(O)CF)CC1. The molecule has 1 atom stereocenters. The molecule has 1 fully saturated rings. The van der Waals surface area contributed by atoms with Crippen molar-refractivity contribution in [3.8, 4) is 6.07 Å². The molecule has 1 saturated carbocycles. The van der Waals surface area contributed by atoms with Crippen LogP contribution >= 0.6 is 0 Å². The Labute approximate surface area is 59.3 Å². The van der Waals surface area contributed by atoms with Crippen molar-refractivity contribution in [3.63, 3.8) is 0 Å². The first-order valence-corrected chi connectivity index (χ1v) is 3.38. The summed E-state index contributed by atoms with van der Waals surface area (Å²) in [5, 5.41) is 17.4. The number of hydrogen-bond donors (Lipinski definition) is 1. The van der Waals surface area contributed by atoms with Crippen molar-refractivity contribution < 1.29 is 9.50 Å². The predicted octanol–water partition coefficient (Wildman–Crippen LogP) is 1.01. The number of alkyl halides is 1. The molecule has 1 aliphatic rings. The van der Waals surface area contributed by atoms with Crippen LogP contribution in [-0.2, 0) is 0 Å². The van der Waals surface area contributed by atoms with Gasteiger partial charge in [-0.25, -0.2) is 4.39 Å². The van der Waals surface area contributed by atoms with E-state index in [1.54, 1.807) is 0 Å². The van der Waals surface area contributed by atoms with Crippen molar-refractivity contribution in [2.75, 3.05) is 6.67 Å². The Hall–Kier alpha value is -0.620. The van der Waals surface area contributed by atoms with Crippen LogP contribution in [0.15, 0.2) is 0 Å². The lowest BCUT2D eigenvalue weighted by Crippen LogP contribution is -2.14. The van der Waals surface area contributed by atoms with E-state index in [1.807, 2.05) is 0 Å². The zero-order valence-corrected chi connectivity index (χ0v) is 5.68. The number of aliphatic hydroxyl groups excluding tert-OH is 1. The van der Waals surface area contributed by atoms with E-state index in [-0.39, 0.29) is 5.41 Å². The third kappa shape index (κ3) is 1.45. The molecule has 3 heteroatoms. The predicted molar refractivity (Wildman–Crippen MR) is 33.9 cm³/mol. The van der Waals surface area contributed by atoms with Gasteiger partial charge in [-0.15, -0.1) is 0 Å². The lowest BCUT2D eigenvalue weighted by atomic mass is 10.0. The summed E-state index contributed by atoms with van der Waals surface area (Å²) in [5.41, 5.74) is -0.370. The van der Waals surface area contributed by atoms with Crippen molar-refractivity contribution in [3.05, 3.63) is 0 Å². The Morgan fingerprint density at radius 3 is 2.60 bits per heavy atom. The minimum absolute atomic E-state index is 0.306. The number of halogens is 1. The van der Waals surface area contributed by atoms with Crippen LogP contribution in [0.3, 0.4) is 0 Å². The van der Waals surface area contributed by atoms with Gasteiger partial charge < -0.3 is 5.11 Å². The van der Waals surface area contributed by atoms with Crippen LogP contribution in [0, 0.1) is 16.7 Å². The van der Waals surface area contributed by atoms with Gasteiger partial charge in [0.15, 0.2) is 0 Å². The van der Waals surface area contributed by atoms with Crippen LogP contribution in [0.1, 0.15) is 19.3 Å². The zero-order chi connectivity index (χ0) is 7.61. The summed E-state index contributed by atoms with van der Waals surface area (Å²) in [6.45, 7) is -0.733. The summed E-state index contributed by atoms with van der Waals surface area (Å²) in [4.78, 5) is 0. The van der Waals surface area contributed by atoms with Crippen molar-refractivity contribution in [1.29, 1.82) is 5.26 Å². The zero-order valence-electron chi connectivity index (χ0n) is 5.68. The Kier molecular flexibility index (Phi) is 1.91. The summed E-state index contributed by atoms with van der Waals surface area (Å²) in [6, 6.07) is 2.09. The van der Waals surface area contributed by atoms with Crippen LogP contribution in [0.4, 0.5) is 4.39 Å². The molecule has 0 aromatic rings. The van der Waals surface area contributed by atoms with Gasteiger partial charge in [0.1, 0.15) is 6.67 Å². The van der Waals surface area contributed by atoms with E-state index >= 15 is 0 Å². The van der Waals surface area contributed by atoms with Crippen LogP contribution in [0.25, 0.3) is 0 Å². The maximum absolute atomic E-state index is 11.7. The second-order valence-electron chi connectivity index (χ2n) is 2.90. The molecule has 1 N–H and O–H groups in total. The maximum Gasteiger partial charge on any atom is 0.115 e. The molecule has 10 heavy (non-hydrogen) atoms. The highest BCUT2D eigenvalue weighted by Gasteiger charge is 2.44. The van der Waals surface area contributed by atoms with Gasteiger partial charge in [-0.1, -0.05) is 0 Å². The number of rotatable bonds is 3. The molecule has 1 rings (SSSR count). The molecule has 0 aromatic heterocycles. The second-order valence-corrected chi connectivity index (χ2v) is 2.90. The third-order valence-corrected chi connectivity index (χ3v) is 1.90. The first-order chi connectivity index (χ1) is 4.72. The standard InChI is InChI=1S/C7H10FNO/c8-4-6(10)3-7(5-9)1-2-7/h6,10H,1-4H2. The Morgan fingerprint density at radius 1 is 1.70 bits per heavy atom. The van der Waals surface area contributed by atoms with Crippen molar-refractivity contribution >= 4 is 0 Å². The maximum atomic E-state index is 11.7. The van der Waals surface area contributed by atoms with Gasteiger partial charge in [0.25, 0.3) is 0 Å². The first-order valence-electron chi connectivity index (χ1n) is 3.38. The molecule has 56 valence electrons. The molecule has 0 aliphatic heterocycles. The summed E-state index contributed by atoms with van der Waals surface area (Å²) < 4.78 is 11.7. The highest BCUT2D eigenvalue weighted by atomic mass is 19.1. The van der Waals surface area contributed by atoms with Gasteiger partial charge in [-0.05, 0) is 19.3 Å². The van der Waals surface area contributed by atoms with E-state index in [0.29, 0.717) is 6.42 Å². The third-order valence-electron chi connectivity index (χ3n) is 1.90. The topological polar surface area (TPSA) is 44.0 Å². The van der Waals surface area contributed by atoms with E-state index in [1.165, 1.54) is 0 Å². The van der Waals surface area contributed by atoms with Gasteiger partial charge in [-0.2, -0.15) is 5.26 Å². The fraction of sp³-hybridized carbons (Fsp3) is 0.857. The average molecular weight is 143 g/mol. The number of nitriles is 1. The number of nitrogens with zero attached hydrogens (tertiary/aromatic N) is 1. The quantitative estimate of drug-likeness (QED) is 0.640. The van der Waals surface area contributed by atoms with Crippen molar-refractivity contribution in [2.45, 2.75) is 25.4 Å². The average Bonchev–Trinajstić information content (AvgIpc) is 2.70. The first kappa shape index (κ1) is 7.49. The molecular weight excluding hydrogens is 133 g/mol. The van der Waals surface area contributed by atoms with E-state index in [0.717, 1.165) is 12.8 Å². The van der Waals surface area contributed by atoms with Gasteiger partial charge in [0.05, 0.1) is 17.6 Å². The minimum Gasteiger partial charge on any atom is -0.390 e. The van der Waals surface area contributed by atoms with Crippen LogP contribution in [0.5, 0.6) is 0 Å². The molecule has 0 bridgehead atoms. The molecule has 0 amide bonds. The normalized spacial score (nSPS) is 23.3.